The lowest BCUT2D eigenvalue weighted by Crippen LogP contribution is -2.58. The molecule has 7 aliphatic heterocycles. The lowest BCUT2D eigenvalue weighted by atomic mass is 9.83. The van der Waals surface area contributed by atoms with E-state index < -0.39 is 220 Å². The van der Waals surface area contributed by atoms with Crippen LogP contribution in [0.25, 0.3) is 0 Å². The standard InChI is InChI=1S/C96H160O34/c1-53-25-31-71(125-95-91(129-93(109)77(103)49-97)89(117-17)83(115-15)51-119-95)43-65-21-19-23-67(123-65)47-79(113-13)60(8)76(102)40-64(100)42-82(62(10)88(108)56(4)30-34-70-46-74(112-12)38-58(6)122-70)128-86(106)36-28-54(2)26-32-72(126-96-92(130-94(110)78(104)50-98)90(118-18)84(116-16)52-120-96)44-66-22-20-24-68(124-66)48-80(114-14)59(7)75(101)39-63(99)41-81(127-85(105)35-27-53)61(9)87(107)55(3)29-33-69-45-73(111-11)37-57(5)121-69/h19-22,25-28,35-36,55-84,87-92,95-104,107-108H,23-24,29-34,37-52H2,1-18H3/b35-27+,36-28+,53-25+,54-26+/t55-,56-,57-,58-,59-,60-,61+,62+,63+,64+,65-,66-,67-,68-,69-,70-,71-,72-,73+,74+,75-,76-,77+,78+,79-,80-,81-,82-,83-,84-,87-,88-,89+,90+,91-,92-,95+,96+/m0/s1. The number of ether oxygens (including phenoxy) is 20. The van der Waals surface area contributed by atoms with Gasteiger partial charge in [-0.2, -0.15) is 0 Å². The van der Waals surface area contributed by atoms with Crippen LogP contribution >= 0.6 is 0 Å². The average Bonchev–Trinajstić information content (AvgIpc) is 0.816. The van der Waals surface area contributed by atoms with Crippen molar-refractivity contribution in [3.05, 3.63) is 71.9 Å². The lowest BCUT2D eigenvalue weighted by molar-refractivity contribution is -0.296. The molecule has 38 atom stereocenters. The number of aliphatic hydroxyl groups is 10. The van der Waals surface area contributed by atoms with Crippen molar-refractivity contribution in [1.29, 1.82) is 0 Å². The highest BCUT2D eigenvalue weighted by atomic mass is 16.7. The molecular formula is C96H160O34. The summed E-state index contributed by atoms with van der Waals surface area (Å²) >= 11 is 0. The molecule has 0 aromatic rings. The minimum atomic E-state index is -1.90. The van der Waals surface area contributed by atoms with Crippen LogP contribution in [0.1, 0.15) is 198 Å². The molecule has 0 amide bonds. The SMILES string of the molecule is CO[C@H]1C[C@H](CC[C@H](C)[C@H](O)[C@H](C)[C@@H]2C[C@H](O)C[C@H](O)[C@H](C)[C@@H](OC)C[C@@H]3CC=C[C@@H](C[C@@H](O[C@H]4OC[C@H](OC)[C@@H](OC)[C@@H]4OC(=O)[C@H](O)CO)C/C=C(C)/C=C/C(=O)O[C@H]([C@@H](C)[C@@H](O)[C@@H](C)CC[C@H]4C[C@H](OC)C[C@H](C)O4)C[C@H](O)C[C@H](O)[C@H](C)[C@@H](OC)C[C@@H]4CC=C[C@@H](C[C@@H](O[C@H]5OC[C@H](OC)[C@@H](OC)[C@@H]5OC(=O)[C@H](O)CO)C/C=C(C)/C=C/C(=O)O2)O4)O3)O[C@@H](C)C1. The van der Waals surface area contributed by atoms with Crippen molar-refractivity contribution in [3.8, 4) is 0 Å². The van der Waals surface area contributed by atoms with E-state index in [1.165, 1.54) is 54.8 Å². The van der Waals surface area contributed by atoms with Gasteiger partial charge in [0.1, 0.15) is 36.6 Å². The van der Waals surface area contributed by atoms with Crippen LogP contribution in [0.15, 0.2) is 71.9 Å². The maximum absolute atomic E-state index is 14.4. The van der Waals surface area contributed by atoms with E-state index in [2.05, 4.69) is 0 Å². The quantitative estimate of drug-likeness (QED) is 0.0197. The van der Waals surface area contributed by atoms with Gasteiger partial charge in [-0.3, -0.25) is 0 Å². The second-order valence-electron chi connectivity index (χ2n) is 37.2. The van der Waals surface area contributed by atoms with Crippen molar-refractivity contribution in [3.63, 3.8) is 0 Å². The molecule has 7 rings (SSSR count). The lowest BCUT2D eigenvalue weighted by Gasteiger charge is -2.42. The summed E-state index contributed by atoms with van der Waals surface area (Å²) in [6.45, 7) is 16.5. The fourth-order valence-electron chi connectivity index (χ4n) is 18.8. The third-order valence-corrected chi connectivity index (χ3v) is 27.2. The van der Waals surface area contributed by atoms with Crippen LogP contribution in [0.2, 0.25) is 0 Å². The molecule has 0 radical (unpaired) electrons. The Morgan fingerprint density at radius 3 is 1.14 bits per heavy atom. The fraction of sp³-hybridized carbons (Fsp3) is 0.833. The molecule has 130 heavy (non-hydrogen) atoms. The molecule has 0 aliphatic carbocycles. The summed E-state index contributed by atoms with van der Waals surface area (Å²) in [7, 11) is 12.1. The fourth-order valence-corrected chi connectivity index (χ4v) is 18.8. The predicted octanol–water partition coefficient (Wildman–Crippen LogP) is 6.97. The van der Waals surface area contributed by atoms with Gasteiger partial charge in [-0.25, -0.2) is 19.2 Å². The molecule has 7 aliphatic rings. The molecule has 748 valence electrons. The first-order valence-corrected chi connectivity index (χ1v) is 46.9. The van der Waals surface area contributed by atoms with Gasteiger partial charge in [-0.15, -0.1) is 0 Å². The van der Waals surface area contributed by atoms with Crippen LogP contribution in [-0.4, -0.2) is 354 Å². The number of aliphatic hydroxyl groups excluding tert-OH is 10. The smallest absolute Gasteiger partial charge is 0.337 e. The maximum Gasteiger partial charge on any atom is 0.337 e. The van der Waals surface area contributed by atoms with Crippen molar-refractivity contribution in [2.45, 2.75) is 393 Å². The number of carbonyl (C=O) groups excluding carboxylic acids is 4. The molecule has 4 bridgehead atoms. The Hall–Kier alpha value is -4.72. The van der Waals surface area contributed by atoms with Crippen molar-refractivity contribution in [2.75, 3.05) is 83.3 Å². The highest BCUT2D eigenvalue weighted by Crippen LogP contribution is 2.38. The minimum Gasteiger partial charge on any atom is -0.459 e. The van der Waals surface area contributed by atoms with Crippen molar-refractivity contribution < 1.29 is 165 Å². The second-order valence-corrected chi connectivity index (χ2v) is 37.2. The highest BCUT2D eigenvalue weighted by Gasteiger charge is 2.49. The first-order valence-electron chi connectivity index (χ1n) is 46.9. The van der Waals surface area contributed by atoms with Crippen molar-refractivity contribution >= 4 is 23.9 Å². The average molecular weight is 1860 g/mol. The number of hydrogen-bond acceptors (Lipinski definition) is 34. The van der Waals surface area contributed by atoms with Gasteiger partial charge in [0.2, 0.25) is 0 Å². The summed E-state index contributed by atoms with van der Waals surface area (Å²) in [6.07, 6.45) is -3.68. The number of fused-ring (bicyclic) bond motifs is 4. The molecule has 34 nitrogen and oxygen atoms in total. The molecule has 4 fully saturated rings. The van der Waals surface area contributed by atoms with Gasteiger partial charge in [0.25, 0.3) is 0 Å². The molecule has 0 aromatic heterocycles. The summed E-state index contributed by atoms with van der Waals surface area (Å²) in [5.74, 6) is -7.29. The molecule has 34 heteroatoms. The minimum absolute atomic E-state index is 0.0170. The number of rotatable bonds is 30. The van der Waals surface area contributed by atoms with Gasteiger partial charge < -0.3 is 146 Å². The monoisotopic (exact) mass is 1860 g/mol. The van der Waals surface area contributed by atoms with E-state index in [4.69, 9.17) is 94.7 Å². The van der Waals surface area contributed by atoms with Crippen molar-refractivity contribution in [2.24, 2.45) is 35.5 Å². The number of esters is 4. The first kappa shape index (κ1) is 112. The summed E-state index contributed by atoms with van der Waals surface area (Å²) in [4.78, 5) is 55.3. The van der Waals surface area contributed by atoms with Crippen LogP contribution in [0.5, 0.6) is 0 Å². The van der Waals surface area contributed by atoms with E-state index in [-0.39, 0.29) is 126 Å². The Morgan fingerprint density at radius 1 is 0.431 bits per heavy atom. The summed E-state index contributed by atoms with van der Waals surface area (Å²) < 4.78 is 123. The molecule has 0 saturated carbocycles. The van der Waals surface area contributed by atoms with Crippen LogP contribution < -0.4 is 0 Å². The van der Waals surface area contributed by atoms with Crippen LogP contribution in [0.4, 0.5) is 0 Å². The number of allylic oxidation sites excluding steroid dienone is 4. The molecule has 0 spiro atoms. The van der Waals surface area contributed by atoms with Gasteiger partial charge in [0.05, 0.1) is 149 Å². The van der Waals surface area contributed by atoms with E-state index in [1.54, 1.807) is 67.9 Å². The summed E-state index contributed by atoms with van der Waals surface area (Å²) in [5.41, 5.74) is 1.14. The van der Waals surface area contributed by atoms with Gasteiger partial charge >= 0.3 is 23.9 Å². The molecular weight excluding hydrogens is 1700 g/mol. The third-order valence-electron chi connectivity index (χ3n) is 27.2. The van der Waals surface area contributed by atoms with Crippen LogP contribution in [0, 0.1) is 35.5 Å². The molecule has 0 unspecified atom stereocenters. The topological polar surface area (TPSA) is 455 Å². The van der Waals surface area contributed by atoms with E-state index in [9.17, 15) is 70.2 Å². The molecule has 10 N–H and O–H groups in total. The normalized spacial score (nSPS) is 39.1. The number of hydrogen-bond donors (Lipinski definition) is 10. The van der Waals surface area contributed by atoms with Crippen molar-refractivity contribution in [1.82, 2.24) is 0 Å². The largest absolute Gasteiger partial charge is 0.459 e. The Labute approximate surface area is 769 Å². The van der Waals surface area contributed by atoms with E-state index in [0.717, 1.165) is 12.8 Å². The molecule has 0 aromatic carbocycles. The van der Waals surface area contributed by atoms with Gasteiger partial charge in [0, 0.05) is 131 Å². The zero-order valence-corrected chi connectivity index (χ0v) is 80.0. The van der Waals surface area contributed by atoms with E-state index >= 15 is 0 Å². The van der Waals surface area contributed by atoms with Gasteiger partial charge in [-0.1, -0.05) is 101 Å². The van der Waals surface area contributed by atoms with E-state index in [1.807, 2.05) is 64.2 Å². The molecule has 4 saturated heterocycles. The zero-order chi connectivity index (χ0) is 95.6. The summed E-state index contributed by atoms with van der Waals surface area (Å²) in [6, 6.07) is 0. The predicted molar refractivity (Wildman–Crippen MR) is 475 cm³/mol. The van der Waals surface area contributed by atoms with Crippen LogP contribution in [-0.2, 0) is 114 Å². The third kappa shape index (κ3) is 35.7. The highest BCUT2D eigenvalue weighted by molar-refractivity contribution is 5.83. The van der Waals surface area contributed by atoms with E-state index in [0.29, 0.717) is 62.5 Å². The Morgan fingerprint density at radius 2 is 0.800 bits per heavy atom. The summed E-state index contributed by atoms with van der Waals surface area (Å²) in [5, 5.41) is 113. The Balaban J connectivity index is 1.23. The maximum atomic E-state index is 14.4. The number of methoxy groups -OCH3 is 8. The first-order chi connectivity index (χ1) is 62.0. The number of cyclic esters (lactones) is 2. The Bertz CT molecular complexity index is 3230. The van der Waals surface area contributed by atoms with Gasteiger partial charge in [-0.05, 0) is 129 Å². The van der Waals surface area contributed by atoms with Gasteiger partial charge in [0.15, 0.2) is 37.0 Å². The number of carbonyl (C=O) groups is 4. The Kier molecular flexibility index (Phi) is 49.6. The zero-order valence-electron chi connectivity index (χ0n) is 80.0. The molecule has 7 heterocycles. The second kappa shape index (κ2) is 57.5. The van der Waals surface area contributed by atoms with Crippen LogP contribution in [0.3, 0.4) is 0 Å².